The van der Waals surface area contributed by atoms with E-state index in [1.807, 2.05) is 6.07 Å². The quantitative estimate of drug-likeness (QED) is 0.846. The summed E-state index contributed by atoms with van der Waals surface area (Å²) in [5.74, 6) is 0. The first-order valence-electron chi connectivity index (χ1n) is 5.77. The van der Waals surface area contributed by atoms with Gasteiger partial charge in [-0.25, -0.2) is 13.1 Å². The van der Waals surface area contributed by atoms with Crippen molar-refractivity contribution in [1.29, 1.82) is 0 Å². The van der Waals surface area contributed by atoms with Crippen LogP contribution in [0.3, 0.4) is 0 Å². The molecule has 3 N–H and O–H groups in total. The van der Waals surface area contributed by atoms with Gasteiger partial charge < -0.3 is 5.73 Å². The molecular weight excluding hydrogens is 236 g/mol. The Morgan fingerprint density at radius 1 is 1.35 bits per heavy atom. The number of rotatable bonds is 4. The van der Waals surface area contributed by atoms with Gasteiger partial charge in [0.25, 0.3) is 0 Å². The Morgan fingerprint density at radius 2 is 2.00 bits per heavy atom. The summed E-state index contributed by atoms with van der Waals surface area (Å²) in [6.07, 6.45) is 2.87. The van der Waals surface area contributed by atoms with Gasteiger partial charge in [-0.15, -0.1) is 0 Å². The van der Waals surface area contributed by atoms with Gasteiger partial charge in [0, 0.05) is 12.1 Å². The lowest BCUT2D eigenvalue weighted by atomic mass is 9.78. The molecule has 0 heterocycles. The zero-order valence-electron chi connectivity index (χ0n) is 9.94. The van der Waals surface area contributed by atoms with Crippen LogP contribution >= 0.6 is 0 Å². The zero-order valence-corrected chi connectivity index (χ0v) is 10.8. The third-order valence-corrected chi connectivity index (χ3v) is 4.91. The van der Waals surface area contributed by atoms with Crippen molar-refractivity contribution in [3.05, 3.63) is 29.8 Å². The molecule has 0 radical (unpaired) electrons. The summed E-state index contributed by atoms with van der Waals surface area (Å²) in [4.78, 5) is 0.336. The van der Waals surface area contributed by atoms with Crippen molar-refractivity contribution in [2.24, 2.45) is 5.73 Å². The second-order valence-corrected chi connectivity index (χ2v) is 6.54. The Bertz CT molecular complexity index is 507. The minimum Gasteiger partial charge on any atom is -0.324 e. The molecule has 1 aliphatic rings. The van der Waals surface area contributed by atoms with Crippen LogP contribution in [0.4, 0.5) is 0 Å². The number of nitrogens with two attached hydrogens (primary N) is 1. The molecule has 0 amide bonds. The number of hydrogen-bond acceptors (Lipinski definition) is 3. The van der Waals surface area contributed by atoms with Crippen LogP contribution in [0, 0.1) is 6.92 Å². The number of aryl methyl sites for hydroxylation is 1. The van der Waals surface area contributed by atoms with E-state index in [0.29, 0.717) is 11.4 Å². The fraction of sp³-hybridized carbons (Fsp3) is 0.500. The number of nitrogens with one attached hydrogen (secondary N) is 1. The molecule has 0 unspecified atom stereocenters. The third kappa shape index (κ3) is 2.68. The molecule has 0 atom stereocenters. The highest BCUT2D eigenvalue weighted by Gasteiger charge is 2.33. The lowest BCUT2D eigenvalue weighted by molar-refractivity contribution is 0.251. The second kappa shape index (κ2) is 4.40. The van der Waals surface area contributed by atoms with Crippen LogP contribution < -0.4 is 10.5 Å². The van der Waals surface area contributed by atoms with Crippen molar-refractivity contribution < 1.29 is 8.42 Å². The maximum atomic E-state index is 12.1. The van der Waals surface area contributed by atoms with Gasteiger partial charge >= 0.3 is 0 Å². The minimum atomic E-state index is -3.43. The molecule has 5 heteroatoms. The maximum absolute atomic E-state index is 12.1. The molecule has 0 saturated heterocycles. The standard InChI is InChI=1S/C12H18N2O2S/c1-10-5-2-3-6-11(10)17(15,16)14-9-12(13)7-4-8-12/h2-3,5-6,14H,4,7-9,13H2,1H3. The van der Waals surface area contributed by atoms with E-state index >= 15 is 0 Å². The van der Waals surface area contributed by atoms with Crippen LogP contribution in [0.15, 0.2) is 29.2 Å². The van der Waals surface area contributed by atoms with Crippen molar-refractivity contribution in [2.75, 3.05) is 6.54 Å². The van der Waals surface area contributed by atoms with Gasteiger partial charge in [-0.05, 0) is 37.8 Å². The summed E-state index contributed by atoms with van der Waals surface area (Å²) in [5.41, 5.74) is 6.41. The summed E-state index contributed by atoms with van der Waals surface area (Å²) in [5, 5.41) is 0. The first-order valence-corrected chi connectivity index (χ1v) is 7.25. The summed E-state index contributed by atoms with van der Waals surface area (Å²) >= 11 is 0. The highest BCUT2D eigenvalue weighted by atomic mass is 32.2. The van der Waals surface area contributed by atoms with Gasteiger partial charge in [0.2, 0.25) is 10.0 Å². The van der Waals surface area contributed by atoms with Gasteiger partial charge in [-0.1, -0.05) is 18.2 Å². The minimum absolute atomic E-state index is 0.323. The first-order chi connectivity index (χ1) is 7.93. The number of hydrogen-bond donors (Lipinski definition) is 2. The highest BCUT2D eigenvalue weighted by Crippen LogP contribution is 2.28. The molecule has 0 aliphatic heterocycles. The molecule has 2 rings (SSSR count). The molecule has 17 heavy (non-hydrogen) atoms. The fourth-order valence-electron chi connectivity index (χ4n) is 1.98. The summed E-state index contributed by atoms with van der Waals surface area (Å²) in [6.45, 7) is 2.11. The topological polar surface area (TPSA) is 72.2 Å². The Kier molecular flexibility index (Phi) is 3.25. The van der Waals surface area contributed by atoms with E-state index in [4.69, 9.17) is 5.73 Å². The molecule has 0 aromatic heterocycles. The average molecular weight is 254 g/mol. The molecule has 1 aromatic rings. The van der Waals surface area contributed by atoms with Crippen LogP contribution in [0.1, 0.15) is 24.8 Å². The summed E-state index contributed by atoms with van der Waals surface area (Å²) in [6, 6.07) is 6.95. The largest absolute Gasteiger partial charge is 0.324 e. The van der Waals surface area contributed by atoms with Gasteiger partial charge in [-0.3, -0.25) is 0 Å². The van der Waals surface area contributed by atoms with Crippen LogP contribution in [-0.2, 0) is 10.0 Å². The van der Waals surface area contributed by atoms with E-state index in [0.717, 1.165) is 24.8 Å². The SMILES string of the molecule is Cc1ccccc1S(=O)(=O)NCC1(N)CCC1. The van der Waals surface area contributed by atoms with Gasteiger partial charge in [0.15, 0.2) is 0 Å². The first kappa shape index (κ1) is 12.5. The average Bonchev–Trinajstić information content (AvgIpc) is 2.24. The van der Waals surface area contributed by atoms with Crippen LogP contribution in [0.5, 0.6) is 0 Å². The molecule has 94 valence electrons. The second-order valence-electron chi connectivity index (χ2n) is 4.81. The monoisotopic (exact) mass is 254 g/mol. The van der Waals surface area contributed by atoms with E-state index in [2.05, 4.69) is 4.72 Å². The van der Waals surface area contributed by atoms with Crippen LogP contribution in [0.25, 0.3) is 0 Å². The van der Waals surface area contributed by atoms with Crippen molar-refractivity contribution in [3.8, 4) is 0 Å². The van der Waals surface area contributed by atoms with Crippen LogP contribution in [-0.4, -0.2) is 20.5 Å². The van der Waals surface area contributed by atoms with Gasteiger partial charge in [0.1, 0.15) is 0 Å². The summed E-state index contributed by atoms with van der Waals surface area (Å²) < 4.78 is 26.8. The van der Waals surface area contributed by atoms with Crippen molar-refractivity contribution in [3.63, 3.8) is 0 Å². The summed E-state index contributed by atoms with van der Waals surface area (Å²) in [7, 11) is -3.43. The van der Waals surface area contributed by atoms with E-state index in [1.54, 1.807) is 25.1 Å². The molecule has 0 spiro atoms. The predicted molar refractivity (Wildman–Crippen MR) is 67.1 cm³/mol. The Morgan fingerprint density at radius 3 is 2.53 bits per heavy atom. The molecule has 4 nitrogen and oxygen atoms in total. The lowest BCUT2D eigenvalue weighted by Crippen LogP contribution is -2.54. The fourth-order valence-corrected chi connectivity index (χ4v) is 3.36. The maximum Gasteiger partial charge on any atom is 0.240 e. The van der Waals surface area contributed by atoms with Gasteiger partial charge in [-0.2, -0.15) is 0 Å². The van der Waals surface area contributed by atoms with Crippen molar-refractivity contribution >= 4 is 10.0 Å². The molecule has 1 fully saturated rings. The van der Waals surface area contributed by atoms with Crippen molar-refractivity contribution in [2.45, 2.75) is 36.6 Å². The molecule has 1 aromatic carbocycles. The molecule has 0 bridgehead atoms. The Balaban J connectivity index is 2.12. The lowest BCUT2D eigenvalue weighted by Gasteiger charge is -2.38. The van der Waals surface area contributed by atoms with E-state index in [-0.39, 0.29) is 5.54 Å². The normalized spacial score (nSPS) is 18.7. The molecular formula is C12H18N2O2S. The molecule has 1 aliphatic carbocycles. The highest BCUT2D eigenvalue weighted by molar-refractivity contribution is 7.89. The number of benzene rings is 1. The van der Waals surface area contributed by atoms with E-state index < -0.39 is 10.0 Å². The van der Waals surface area contributed by atoms with E-state index in [9.17, 15) is 8.42 Å². The van der Waals surface area contributed by atoms with Gasteiger partial charge in [0.05, 0.1) is 4.90 Å². The predicted octanol–water partition coefficient (Wildman–Crippen LogP) is 1.15. The van der Waals surface area contributed by atoms with E-state index in [1.165, 1.54) is 0 Å². The van der Waals surface area contributed by atoms with Crippen molar-refractivity contribution in [1.82, 2.24) is 4.72 Å². The smallest absolute Gasteiger partial charge is 0.240 e. The Hall–Kier alpha value is -0.910. The third-order valence-electron chi connectivity index (χ3n) is 3.35. The molecule has 1 saturated carbocycles. The van der Waals surface area contributed by atoms with Crippen LogP contribution in [0.2, 0.25) is 0 Å². The number of sulfonamides is 1. The zero-order chi connectivity index (χ0) is 12.5. The Labute approximate surface area is 102 Å².